The van der Waals surface area contributed by atoms with E-state index in [0.717, 1.165) is 5.56 Å². The standard InChI is InChI=1S/C12H18N2O2/c1-12(2)9(10(12)13)7-5-8(11(15)16-4)14(3)6-7/h5-6,9-10H,13H2,1-4H3. The van der Waals surface area contributed by atoms with Gasteiger partial charge in [0.15, 0.2) is 0 Å². The number of carbonyl (C=O) groups excluding carboxylic acids is 1. The predicted molar refractivity (Wildman–Crippen MR) is 61.2 cm³/mol. The smallest absolute Gasteiger partial charge is 0.354 e. The van der Waals surface area contributed by atoms with Crippen molar-refractivity contribution in [3.05, 3.63) is 23.5 Å². The summed E-state index contributed by atoms with van der Waals surface area (Å²) in [6.45, 7) is 4.29. The number of aromatic nitrogens is 1. The van der Waals surface area contributed by atoms with Crippen molar-refractivity contribution in [3.63, 3.8) is 0 Å². The van der Waals surface area contributed by atoms with E-state index in [9.17, 15) is 4.79 Å². The molecule has 0 radical (unpaired) electrons. The molecule has 16 heavy (non-hydrogen) atoms. The molecule has 0 spiro atoms. The lowest BCUT2D eigenvalue weighted by Gasteiger charge is -1.98. The number of ether oxygens (including phenoxy) is 1. The van der Waals surface area contributed by atoms with E-state index in [2.05, 4.69) is 13.8 Å². The van der Waals surface area contributed by atoms with Crippen molar-refractivity contribution in [3.8, 4) is 0 Å². The predicted octanol–water partition coefficient (Wildman–Crippen LogP) is 1.26. The molecular formula is C12H18N2O2. The van der Waals surface area contributed by atoms with Crippen LogP contribution >= 0.6 is 0 Å². The average Bonchev–Trinajstić information content (AvgIpc) is 2.59. The maximum atomic E-state index is 11.5. The third-order valence-electron chi connectivity index (χ3n) is 3.69. The van der Waals surface area contributed by atoms with E-state index in [1.165, 1.54) is 7.11 Å². The highest BCUT2D eigenvalue weighted by Crippen LogP contribution is 2.57. The van der Waals surface area contributed by atoms with Crippen molar-refractivity contribution in [2.75, 3.05) is 7.11 Å². The second kappa shape index (κ2) is 3.35. The second-order valence-corrected chi connectivity index (χ2v) is 5.09. The van der Waals surface area contributed by atoms with Gasteiger partial charge < -0.3 is 15.0 Å². The number of rotatable bonds is 2. The maximum absolute atomic E-state index is 11.5. The molecule has 0 saturated heterocycles. The van der Waals surface area contributed by atoms with Gasteiger partial charge in [0.25, 0.3) is 0 Å². The quantitative estimate of drug-likeness (QED) is 0.766. The summed E-state index contributed by atoms with van der Waals surface area (Å²) in [6.07, 6.45) is 1.96. The first-order chi connectivity index (χ1) is 7.39. The molecule has 2 N–H and O–H groups in total. The van der Waals surface area contributed by atoms with E-state index in [0.29, 0.717) is 11.6 Å². The molecule has 0 aliphatic heterocycles. The molecule has 2 atom stereocenters. The van der Waals surface area contributed by atoms with Crippen LogP contribution in [0, 0.1) is 5.41 Å². The molecule has 1 aliphatic carbocycles. The molecule has 88 valence electrons. The minimum Gasteiger partial charge on any atom is -0.464 e. The van der Waals surface area contributed by atoms with E-state index < -0.39 is 0 Å². The number of hydrogen-bond acceptors (Lipinski definition) is 3. The summed E-state index contributed by atoms with van der Waals surface area (Å²) in [5.41, 5.74) is 7.85. The van der Waals surface area contributed by atoms with Gasteiger partial charge in [-0.3, -0.25) is 0 Å². The fourth-order valence-corrected chi connectivity index (χ4v) is 2.38. The third-order valence-corrected chi connectivity index (χ3v) is 3.69. The Morgan fingerprint density at radius 2 is 2.12 bits per heavy atom. The van der Waals surface area contributed by atoms with Crippen LogP contribution in [-0.2, 0) is 11.8 Å². The van der Waals surface area contributed by atoms with Crippen LogP contribution in [0.15, 0.2) is 12.3 Å². The van der Waals surface area contributed by atoms with Crippen molar-refractivity contribution >= 4 is 5.97 Å². The van der Waals surface area contributed by atoms with Gasteiger partial charge in [-0.15, -0.1) is 0 Å². The number of nitrogens with zero attached hydrogens (tertiary/aromatic N) is 1. The van der Waals surface area contributed by atoms with E-state index in [4.69, 9.17) is 10.5 Å². The van der Waals surface area contributed by atoms with Crippen LogP contribution in [0.2, 0.25) is 0 Å². The highest BCUT2D eigenvalue weighted by Gasteiger charge is 2.56. The molecule has 1 fully saturated rings. The fourth-order valence-electron chi connectivity index (χ4n) is 2.38. The van der Waals surface area contributed by atoms with Gasteiger partial charge in [-0.25, -0.2) is 4.79 Å². The molecule has 0 bridgehead atoms. The fraction of sp³-hybridized carbons (Fsp3) is 0.583. The van der Waals surface area contributed by atoms with Crippen LogP contribution in [-0.4, -0.2) is 23.7 Å². The molecule has 0 amide bonds. The van der Waals surface area contributed by atoms with E-state index in [-0.39, 0.29) is 17.4 Å². The van der Waals surface area contributed by atoms with Crippen LogP contribution < -0.4 is 5.73 Å². The van der Waals surface area contributed by atoms with Crippen molar-refractivity contribution in [2.45, 2.75) is 25.8 Å². The first-order valence-electron chi connectivity index (χ1n) is 5.39. The van der Waals surface area contributed by atoms with E-state index >= 15 is 0 Å². The van der Waals surface area contributed by atoms with Crippen LogP contribution in [0.3, 0.4) is 0 Å². The lowest BCUT2D eigenvalue weighted by atomic mass is 10.1. The molecule has 2 rings (SSSR count). The van der Waals surface area contributed by atoms with E-state index in [1.54, 1.807) is 4.57 Å². The Morgan fingerprint density at radius 1 is 1.56 bits per heavy atom. The van der Waals surface area contributed by atoms with E-state index in [1.807, 2.05) is 19.3 Å². The van der Waals surface area contributed by atoms with Crippen LogP contribution in [0.4, 0.5) is 0 Å². The van der Waals surface area contributed by atoms with Crippen molar-refractivity contribution in [2.24, 2.45) is 18.2 Å². The Hall–Kier alpha value is -1.29. The summed E-state index contributed by atoms with van der Waals surface area (Å²) in [5, 5.41) is 0. The summed E-state index contributed by atoms with van der Waals surface area (Å²) < 4.78 is 6.51. The maximum Gasteiger partial charge on any atom is 0.354 e. The number of hydrogen-bond donors (Lipinski definition) is 1. The number of aryl methyl sites for hydroxylation is 1. The number of esters is 1. The molecule has 1 aliphatic rings. The second-order valence-electron chi connectivity index (χ2n) is 5.09. The minimum absolute atomic E-state index is 0.134. The number of carbonyl (C=O) groups is 1. The van der Waals surface area contributed by atoms with Crippen LogP contribution in [0.5, 0.6) is 0 Å². The van der Waals surface area contributed by atoms with Crippen LogP contribution in [0.25, 0.3) is 0 Å². The Balaban J connectivity index is 2.30. The largest absolute Gasteiger partial charge is 0.464 e. The average molecular weight is 222 g/mol. The molecule has 4 nitrogen and oxygen atoms in total. The SMILES string of the molecule is COC(=O)c1cc(C2C(N)C2(C)C)cn1C. The normalized spacial score (nSPS) is 26.6. The summed E-state index contributed by atoms with van der Waals surface area (Å²) in [5.74, 6) is 0.0397. The zero-order valence-corrected chi connectivity index (χ0v) is 10.2. The lowest BCUT2D eigenvalue weighted by Crippen LogP contribution is -2.06. The van der Waals surface area contributed by atoms with Gasteiger partial charge in [0.05, 0.1) is 7.11 Å². The highest BCUT2D eigenvalue weighted by atomic mass is 16.5. The lowest BCUT2D eigenvalue weighted by molar-refractivity contribution is 0.0590. The zero-order chi connectivity index (χ0) is 12.1. The van der Waals surface area contributed by atoms with Gasteiger partial charge in [-0.2, -0.15) is 0 Å². The molecular weight excluding hydrogens is 204 g/mol. The summed E-state index contributed by atoms with van der Waals surface area (Å²) in [7, 11) is 3.23. The molecule has 0 aromatic carbocycles. The van der Waals surface area contributed by atoms with Gasteiger partial charge in [0, 0.05) is 25.2 Å². The summed E-state index contributed by atoms with van der Waals surface area (Å²) in [6, 6.07) is 2.06. The first-order valence-corrected chi connectivity index (χ1v) is 5.39. The van der Waals surface area contributed by atoms with Crippen molar-refractivity contribution in [1.29, 1.82) is 0 Å². The Bertz CT molecular complexity index is 434. The molecule has 4 heteroatoms. The summed E-state index contributed by atoms with van der Waals surface area (Å²) >= 11 is 0. The van der Waals surface area contributed by atoms with Crippen LogP contribution in [0.1, 0.15) is 35.8 Å². The Kier molecular flexibility index (Phi) is 2.35. The van der Waals surface area contributed by atoms with Gasteiger partial charge >= 0.3 is 5.97 Å². The molecule has 2 unspecified atom stereocenters. The Labute approximate surface area is 95.4 Å². The van der Waals surface area contributed by atoms with Gasteiger partial charge in [0.1, 0.15) is 5.69 Å². The third kappa shape index (κ3) is 1.45. The number of methoxy groups -OCH3 is 1. The minimum atomic E-state index is -0.305. The molecule has 1 aromatic heterocycles. The highest BCUT2D eigenvalue weighted by molar-refractivity contribution is 5.88. The van der Waals surface area contributed by atoms with Gasteiger partial charge in [-0.1, -0.05) is 13.8 Å². The topological polar surface area (TPSA) is 57.2 Å². The van der Waals surface area contributed by atoms with Gasteiger partial charge in [-0.05, 0) is 17.0 Å². The Morgan fingerprint density at radius 3 is 2.56 bits per heavy atom. The van der Waals surface area contributed by atoms with Crippen molar-refractivity contribution < 1.29 is 9.53 Å². The molecule has 1 heterocycles. The monoisotopic (exact) mass is 222 g/mol. The first kappa shape index (κ1) is 11.2. The molecule has 1 aromatic rings. The summed E-state index contributed by atoms with van der Waals surface area (Å²) in [4.78, 5) is 11.5. The molecule has 1 saturated carbocycles. The van der Waals surface area contributed by atoms with Gasteiger partial charge in [0.2, 0.25) is 0 Å². The number of nitrogens with two attached hydrogens (primary N) is 1. The van der Waals surface area contributed by atoms with Crippen molar-refractivity contribution in [1.82, 2.24) is 4.57 Å². The zero-order valence-electron chi connectivity index (χ0n) is 10.2.